The molecule has 2 fully saturated rings. The minimum absolute atomic E-state index is 0.137. The van der Waals surface area contributed by atoms with Crippen LogP contribution in [0.2, 0.25) is 0 Å². The molecule has 5 rings (SSSR count). The van der Waals surface area contributed by atoms with Crippen molar-refractivity contribution < 1.29 is 14.6 Å². The highest BCUT2D eigenvalue weighted by Gasteiger charge is 2.30. The van der Waals surface area contributed by atoms with Gasteiger partial charge in [-0.3, -0.25) is 9.69 Å². The monoisotopic (exact) mass is 407 g/mol. The molecule has 2 atom stereocenters. The van der Waals surface area contributed by atoms with Crippen molar-refractivity contribution in [2.75, 3.05) is 39.3 Å². The van der Waals surface area contributed by atoms with E-state index < -0.39 is 6.10 Å². The highest BCUT2D eigenvalue weighted by Crippen LogP contribution is 2.29. The summed E-state index contributed by atoms with van der Waals surface area (Å²) in [4.78, 5) is 16.7. The van der Waals surface area contributed by atoms with Gasteiger partial charge in [0.1, 0.15) is 6.10 Å². The van der Waals surface area contributed by atoms with Crippen molar-refractivity contribution in [3.05, 3.63) is 48.5 Å². The van der Waals surface area contributed by atoms with Crippen LogP contribution in [0, 0.1) is 0 Å². The molecule has 2 aliphatic rings. The van der Waals surface area contributed by atoms with Crippen molar-refractivity contribution in [3.8, 4) is 0 Å². The number of ether oxygens (including phenoxy) is 1. The van der Waals surface area contributed by atoms with E-state index in [9.17, 15) is 9.90 Å². The first-order valence-corrected chi connectivity index (χ1v) is 11.0. The van der Waals surface area contributed by atoms with Crippen LogP contribution >= 0.6 is 0 Å². The Kier molecular flexibility index (Phi) is 5.46. The van der Waals surface area contributed by atoms with E-state index in [0.29, 0.717) is 32.8 Å². The number of fused-ring (bicyclic) bond motifs is 3. The number of aromatic nitrogens is 1. The Morgan fingerprint density at radius 3 is 2.20 bits per heavy atom. The van der Waals surface area contributed by atoms with E-state index in [1.54, 1.807) is 0 Å². The Bertz CT molecular complexity index is 979. The normalized spacial score (nSPS) is 21.5. The number of para-hydroxylation sites is 2. The molecule has 0 radical (unpaired) electrons. The molecule has 1 N–H and O–H groups in total. The van der Waals surface area contributed by atoms with Crippen LogP contribution in [0.3, 0.4) is 0 Å². The second-order valence-corrected chi connectivity index (χ2v) is 8.43. The number of aliphatic hydroxyl groups excluding tert-OH is 1. The van der Waals surface area contributed by atoms with Crippen LogP contribution in [-0.2, 0) is 16.1 Å². The lowest BCUT2D eigenvalue weighted by Gasteiger charge is -2.36. The van der Waals surface area contributed by atoms with E-state index in [1.165, 1.54) is 10.8 Å². The zero-order chi connectivity index (χ0) is 20.5. The average Bonchev–Trinajstić information content (AvgIpc) is 3.42. The number of carbonyl (C=O) groups is 1. The van der Waals surface area contributed by atoms with E-state index in [0.717, 1.165) is 37.0 Å². The molecule has 0 saturated carbocycles. The van der Waals surface area contributed by atoms with Gasteiger partial charge in [-0.15, -0.1) is 0 Å². The standard InChI is InChI=1S/C24H29N3O3/c28-18(16-25-11-13-26(14-12-25)24(29)23-10-5-15-30-23)17-27-21-8-3-1-6-19(21)20-7-2-4-9-22(20)27/h1-4,6-9,18,23,28H,5,10-17H2/t18-,23+/m0/s1. The van der Waals surface area contributed by atoms with Gasteiger partial charge >= 0.3 is 0 Å². The summed E-state index contributed by atoms with van der Waals surface area (Å²) in [5.74, 6) is 0.137. The summed E-state index contributed by atoms with van der Waals surface area (Å²) in [6.07, 6.45) is 1.11. The zero-order valence-corrected chi connectivity index (χ0v) is 17.2. The third-order valence-electron chi connectivity index (χ3n) is 6.43. The number of hydrogen-bond donors (Lipinski definition) is 1. The number of piperazine rings is 1. The lowest BCUT2D eigenvalue weighted by molar-refractivity contribution is -0.142. The molecule has 0 bridgehead atoms. The summed E-state index contributed by atoms with van der Waals surface area (Å²) in [6, 6.07) is 16.8. The molecule has 0 aliphatic carbocycles. The fraction of sp³-hybridized carbons (Fsp3) is 0.458. The summed E-state index contributed by atoms with van der Waals surface area (Å²) >= 11 is 0. The molecule has 2 aromatic carbocycles. The maximum absolute atomic E-state index is 12.5. The second kappa shape index (κ2) is 8.38. The van der Waals surface area contributed by atoms with Crippen LogP contribution in [0.15, 0.2) is 48.5 Å². The minimum atomic E-state index is -0.468. The molecule has 30 heavy (non-hydrogen) atoms. The predicted octanol–water partition coefficient (Wildman–Crippen LogP) is 2.48. The van der Waals surface area contributed by atoms with Crippen molar-refractivity contribution in [2.45, 2.75) is 31.6 Å². The van der Waals surface area contributed by atoms with Crippen LogP contribution in [0.5, 0.6) is 0 Å². The average molecular weight is 408 g/mol. The van der Waals surface area contributed by atoms with Crippen LogP contribution in [-0.4, -0.2) is 76.9 Å². The Morgan fingerprint density at radius 2 is 1.60 bits per heavy atom. The Morgan fingerprint density at radius 1 is 0.967 bits per heavy atom. The summed E-state index contributed by atoms with van der Waals surface area (Å²) < 4.78 is 7.77. The Balaban J connectivity index is 1.23. The summed E-state index contributed by atoms with van der Waals surface area (Å²) in [7, 11) is 0. The second-order valence-electron chi connectivity index (χ2n) is 8.43. The van der Waals surface area contributed by atoms with E-state index in [-0.39, 0.29) is 12.0 Å². The molecule has 0 spiro atoms. The molecule has 6 nitrogen and oxygen atoms in total. The highest BCUT2D eigenvalue weighted by molar-refractivity contribution is 6.07. The van der Waals surface area contributed by atoms with Gasteiger partial charge in [-0.2, -0.15) is 0 Å². The fourth-order valence-corrected chi connectivity index (χ4v) is 4.89. The third-order valence-corrected chi connectivity index (χ3v) is 6.43. The lowest BCUT2D eigenvalue weighted by atomic mass is 10.2. The lowest BCUT2D eigenvalue weighted by Crippen LogP contribution is -2.52. The van der Waals surface area contributed by atoms with Crippen LogP contribution < -0.4 is 0 Å². The number of nitrogens with zero attached hydrogens (tertiary/aromatic N) is 3. The van der Waals surface area contributed by atoms with Gasteiger partial charge < -0.3 is 19.3 Å². The molecular weight excluding hydrogens is 378 g/mol. The van der Waals surface area contributed by atoms with E-state index in [4.69, 9.17) is 4.74 Å². The number of amides is 1. The van der Waals surface area contributed by atoms with Crippen LogP contribution in [0.4, 0.5) is 0 Å². The van der Waals surface area contributed by atoms with Gasteiger partial charge in [0.25, 0.3) is 5.91 Å². The number of hydrogen-bond acceptors (Lipinski definition) is 4. The number of carbonyl (C=O) groups excluding carboxylic acids is 1. The van der Waals surface area contributed by atoms with Gasteiger partial charge in [0.05, 0.1) is 12.6 Å². The Hall–Kier alpha value is -2.41. The van der Waals surface area contributed by atoms with Crippen molar-refractivity contribution >= 4 is 27.7 Å². The van der Waals surface area contributed by atoms with Gasteiger partial charge in [0, 0.05) is 61.1 Å². The first kappa shape index (κ1) is 19.5. The van der Waals surface area contributed by atoms with Gasteiger partial charge in [0.2, 0.25) is 0 Å². The maximum Gasteiger partial charge on any atom is 0.251 e. The highest BCUT2D eigenvalue weighted by atomic mass is 16.5. The van der Waals surface area contributed by atoms with Gasteiger partial charge in [-0.1, -0.05) is 36.4 Å². The topological polar surface area (TPSA) is 57.9 Å². The Labute approximate surface area is 176 Å². The van der Waals surface area contributed by atoms with Gasteiger partial charge in [-0.05, 0) is 25.0 Å². The number of aliphatic hydroxyl groups is 1. The van der Waals surface area contributed by atoms with Gasteiger partial charge in [-0.25, -0.2) is 0 Å². The predicted molar refractivity (Wildman–Crippen MR) is 117 cm³/mol. The summed E-state index contributed by atoms with van der Waals surface area (Å²) in [6.45, 7) is 4.88. The zero-order valence-electron chi connectivity index (χ0n) is 17.2. The van der Waals surface area contributed by atoms with Crippen molar-refractivity contribution in [1.82, 2.24) is 14.4 Å². The summed E-state index contributed by atoms with van der Waals surface area (Å²) in [5, 5.41) is 13.3. The molecule has 158 valence electrons. The quantitative estimate of drug-likeness (QED) is 0.706. The smallest absolute Gasteiger partial charge is 0.251 e. The molecule has 1 aromatic heterocycles. The van der Waals surface area contributed by atoms with Crippen molar-refractivity contribution in [1.29, 1.82) is 0 Å². The molecule has 2 aliphatic heterocycles. The minimum Gasteiger partial charge on any atom is -0.390 e. The van der Waals surface area contributed by atoms with Crippen molar-refractivity contribution in [3.63, 3.8) is 0 Å². The number of benzene rings is 2. The number of rotatable bonds is 5. The molecule has 3 heterocycles. The largest absolute Gasteiger partial charge is 0.390 e. The molecule has 0 unspecified atom stereocenters. The van der Waals surface area contributed by atoms with E-state index in [2.05, 4.69) is 45.9 Å². The SMILES string of the molecule is O=C([C@H]1CCCO1)N1CCN(C[C@H](O)Cn2c3ccccc3c3ccccc32)CC1. The first-order chi connectivity index (χ1) is 14.7. The molecule has 2 saturated heterocycles. The fourth-order valence-electron chi connectivity index (χ4n) is 4.89. The molecule has 1 amide bonds. The first-order valence-electron chi connectivity index (χ1n) is 11.0. The third kappa shape index (κ3) is 3.71. The van der Waals surface area contributed by atoms with Gasteiger partial charge in [0.15, 0.2) is 0 Å². The van der Waals surface area contributed by atoms with E-state index >= 15 is 0 Å². The van der Waals surface area contributed by atoms with Crippen LogP contribution in [0.25, 0.3) is 21.8 Å². The summed E-state index contributed by atoms with van der Waals surface area (Å²) in [5.41, 5.74) is 2.31. The molecular formula is C24H29N3O3. The van der Waals surface area contributed by atoms with Crippen LogP contribution in [0.1, 0.15) is 12.8 Å². The number of β-amino-alcohol motifs (C(OH)–C–C–N with tert-alkyl or cyclic N) is 1. The van der Waals surface area contributed by atoms with E-state index in [1.807, 2.05) is 17.0 Å². The maximum atomic E-state index is 12.5. The molecule has 6 heteroatoms. The molecule has 3 aromatic rings. The van der Waals surface area contributed by atoms with Crippen molar-refractivity contribution in [2.24, 2.45) is 0 Å².